The standard InChI is InChI=1S/C15H21NO4/c1-5-12-7-10(3)14(11(4)8-12)16-15(18)20-9-13(17)19-6-2/h7-8H,5-6,9H2,1-4H3,(H,16,18). The number of aryl methyl sites for hydroxylation is 3. The molecule has 0 fully saturated rings. The highest BCUT2D eigenvalue weighted by Crippen LogP contribution is 2.22. The lowest BCUT2D eigenvalue weighted by molar-refractivity contribution is -0.146. The van der Waals surface area contributed by atoms with Crippen molar-refractivity contribution in [2.45, 2.75) is 34.1 Å². The minimum absolute atomic E-state index is 0.264. The van der Waals surface area contributed by atoms with E-state index in [1.54, 1.807) is 6.92 Å². The zero-order chi connectivity index (χ0) is 15.1. The normalized spacial score (nSPS) is 10.0. The SMILES string of the molecule is CCOC(=O)COC(=O)Nc1c(C)cc(CC)cc1C. The number of amides is 1. The molecule has 5 heteroatoms. The highest BCUT2D eigenvalue weighted by atomic mass is 16.6. The Kier molecular flexibility index (Phi) is 6.03. The van der Waals surface area contributed by atoms with Crippen LogP contribution in [0.5, 0.6) is 0 Å². The Bertz CT molecular complexity index is 474. The number of hydrogen-bond acceptors (Lipinski definition) is 4. The molecule has 5 nitrogen and oxygen atoms in total. The molecule has 0 aliphatic heterocycles. The lowest BCUT2D eigenvalue weighted by Crippen LogP contribution is -2.21. The Hall–Kier alpha value is -2.04. The summed E-state index contributed by atoms with van der Waals surface area (Å²) in [5.41, 5.74) is 3.87. The molecule has 0 radical (unpaired) electrons. The minimum Gasteiger partial charge on any atom is -0.463 e. The van der Waals surface area contributed by atoms with E-state index < -0.39 is 12.1 Å². The number of ether oxygens (including phenoxy) is 2. The smallest absolute Gasteiger partial charge is 0.412 e. The summed E-state index contributed by atoms with van der Waals surface area (Å²) < 4.78 is 9.48. The fourth-order valence-corrected chi connectivity index (χ4v) is 1.92. The molecule has 110 valence electrons. The number of esters is 1. The predicted molar refractivity (Wildman–Crippen MR) is 76.9 cm³/mol. The third-order valence-electron chi connectivity index (χ3n) is 2.85. The van der Waals surface area contributed by atoms with E-state index in [1.807, 2.05) is 26.0 Å². The molecule has 0 aromatic heterocycles. The maximum Gasteiger partial charge on any atom is 0.412 e. The van der Waals surface area contributed by atoms with Crippen molar-refractivity contribution in [1.29, 1.82) is 0 Å². The largest absolute Gasteiger partial charge is 0.463 e. The van der Waals surface area contributed by atoms with Crippen molar-refractivity contribution >= 4 is 17.7 Å². The molecule has 1 amide bonds. The summed E-state index contributed by atoms with van der Waals surface area (Å²) in [5.74, 6) is -0.558. The van der Waals surface area contributed by atoms with Gasteiger partial charge in [-0.05, 0) is 43.9 Å². The molecule has 0 aliphatic carbocycles. The van der Waals surface area contributed by atoms with E-state index in [0.717, 1.165) is 23.2 Å². The number of benzene rings is 1. The number of nitrogens with one attached hydrogen (secondary N) is 1. The molecule has 0 unspecified atom stereocenters. The monoisotopic (exact) mass is 279 g/mol. The second-order valence-electron chi connectivity index (χ2n) is 4.46. The topological polar surface area (TPSA) is 64.6 Å². The van der Waals surface area contributed by atoms with Crippen molar-refractivity contribution in [3.63, 3.8) is 0 Å². The van der Waals surface area contributed by atoms with E-state index in [9.17, 15) is 9.59 Å². The molecule has 1 rings (SSSR count). The summed E-state index contributed by atoms with van der Waals surface area (Å²) in [6.07, 6.45) is 0.281. The third kappa shape index (κ3) is 4.57. The van der Waals surface area contributed by atoms with E-state index in [2.05, 4.69) is 17.0 Å². The van der Waals surface area contributed by atoms with Gasteiger partial charge in [0.15, 0.2) is 6.61 Å². The van der Waals surface area contributed by atoms with Gasteiger partial charge in [-0.3, -0.25) is 5.32 Å². The predicted octanol–water partition coefficient (Wildman–Crippen LogP) is 2.98. The number of carbonyl (C=O) groups is 2. The zero-order valence-corrected chi connectivity index (χ0v) is 12.4. The van der Waals surface area contributed by atoms with Gasteiger partial charge in [0.2, 0.25) is 0 Å². The van der Waals surface area contributed by atoms with E-state index in [1.165, 1.54) is 5.56 Å². The lowest BCUT2D eigenvalue weighted by atomic mass is 10.0. The van der Waals surface area contributed by atoms with Gasteiger partial charge in [0, 0.05) is 5.69 Å². The second kappa shape index (κ2) is 7.53. The van der Waals surface area contributed by atoms with Gasteiger partial charge in [-0.1, -0.05) is 19.1 Å². The summed E-state index contributed by atoms with van der Waals surface area (Å²) in [6.45, 7) is 7.50. The summed E-state index contributed by atoms with van der Waals surface area (Å²) in [4.78, 5) is 22.7. The average molecular weight is 279 g/mol. The van der Waals surface area contributed by atoms with Crippen LogP contribution in [-0.2, 0) is 20.7 Å². The van der Waals surface area contributed by atoms with Crippen LogP contribution in [0.4, 0.5) is 10.5 Å². The van der Waals surface area contributed by atoms with Crippen LogP contribution in [0.3, 0.4) is 0 Å². The van der Waals surface area contributed by atoms with E-state index in [4.69, 9.17) is 4.74 Å². The fourth-order valence-electron chi connectivity index (χ4n) is 1.92. The summed E-state index contributed by atoms with van der Waals surface area (Å²) in [6, 6.07) is 4.04. The van der Waals surface area contributed by atoms with Crippen LogP contribution in [0.2, 0.25) is 0 Å². The van der Waals surface area contributed by atoms with Crippen LogP contribution in [-0.4, -0.2) is 25.3 Å². The first kappa shape index (κ1) is 16.0. The first-order valence-corrected chi connectivity index (χ1v) is 6.67. The molecular weight excluding hydrogens is 258 g/mol. The molecule has 0 bridgehead atoms. The molecule has 0 heterocycles. The van der Waals surface area contributed by atoms with Crippen molar-refractivity contribution in [2.24, 2.45) is 0 Å². The van der Waals surface area contributed by atoms with Crippen molar-refractivity contribution in [1.82, 2.24) is 0 Å². The van der Waals surface area contributed by atoms with Crippen molar-refractivity contribution < 1.29 is 19.1 Å². The van der Waals surface area contributed by atoms with Crippen LogP contribution in [0.1, 0.15) is 30.5 Å². The molecule has 20 heavy (non-hydrogen) atoms. The van der Waals surface area contributed by atoms with Crippen molar-refractivity contribution in [3.8, 4) is 0 Å². The van der Waals surface area contributed by atoms with Gasteiger partial charge in [-0.25, -0.2) is 9.59 Å². The van der Waals surface area contributed by atoms with Crippen LogP contribution < -0.4 is 5.32 Å². The van der Waals surface area contributed by atoms with Crippen LogP contribution in [0, 0.1) is 13.8 Å². The van der Waals surface area contributed by atoms with Gasteiger partial charge in [0.05, 0.1) is 6.61 Å². The number of anilines is 1. The Morgan fingerprint density at radius 3 is 2.20 bits per heavy atom. The molecule has 0 spiro atoms. The summed E-state index contributed by atoms with van der Waals surface area (Å²) in [7, 11) is 0. The maximum absolute atomic E-state index is 11.6. The van der Waals surface area contributed by atoms with Crippen molar-refractivity contribution in [3.05, 3.63) is 28.8 Å². The van der Waals surface area contributed by atoms with Gasteiger partial charge < -0.3 is 9.47 Å². The van der Waals surface area contributed by atoms with Gasteiger partial charge >= 0.3 is 12.1 Å². The number of hydrogen-bond donors (Lipinski definition) is 1. The van der Waals surface area contributed by atoms with Gasteiger partial charge in [0.25, 0.3) is 0 Å². The van der Waals surface area contributed by atoms with E-state index in [0.29, 0.717) is 0 Å². The second-order valence-corrected chi connectivity index (χ2v) is 4.46. The molecule has 1 aromatic rings. The van der Waals surface area contributed by atoms with Crippen LogP contribution >= 0.6 is 0 Å². The first-order valence-electron chi connectivity index (χ1n) is 6.67. The number of rotatable bonds is 5. The van der Waals surface area contributed by atoms with Gasteiger partial charge in [-0.2, -0.15) is 0 Å². The van der Waals surface area contributed by atoms with Crippen molar-refractivity contribution in [2.75, 3.05) is 18.5 Å². The Balaban J connectivity index is 2.64. The third-order valence-corrected chi connectivity index (χ3v) is 2.85. The fraction of sp³-hybridized carbons (Fsp3) is 0.467. The molecule has 1 aromatic carbocycles. The first-order chi connectivity index (χ1) is 9.47. The summed E-state index contributed by atoms with van der Waals surface area (Å²) in [5, 5.41) is 2.66. The maximum atomic E-state index is 11.6. The van der Waals surface area contributed by atoms with Crippen LogP contribution in [0.25, 0.3) is 0 Å². The molecule has 0 saturated heterocycles. The zero-order valence-electron chi connectivity index (χ0n) is 12.4. The summed E-state index contributed by atoms with van der Waals surface area (Å²) >= 11 is 0. The average Bonchev–Trinajstić information content (AvgIpc) is 2.40. The molecule has 0 aliphatic rings. The highest BCUT2D eigenvalue weighted by molar-refractivity contribution is 5.88. The van der Waals surface area contributed by atoms with E-state index in [-0.39, 0.29) is 13.2 Å². The Labute approximate surface area is 119 Å². The highest BCUT2D eigenvalue weighted by Gasteiger charge is 2.11. The molecule has 0 atom stereocenters. The minimum atomic E-state index is -0.659. The quantitative estimate of drug-likeness (QED) is 0.842. The van der Waals surface area contributed by atoms with Crippen LogP contribution in [0.15, 0.2) is 12.1 Å². The Morgan fingerprint density at radius 2 is 1.70 bits per heavy atom. The Morgan fingerprint density at radius 1 is 1.10 bits per heavy atom. The number of carbonyl (C=O) groups excluding carboxylic acids is 2. The molecule has 1 N–H and O–H groups in total. The van der Waals surface area contributed by atoms with E-state index >= 15 is 0 Å². The lowest BCUT2D eigenvalue weighted by Gasteiger charge is -2.13. The van der Waals surface area contributed by atoms with Gasteiger partial charge in [0.1, 0.15) is 0 Å². The van der Waals surface area contributed by atoms with Gasteiger partial charge in [-0.15, -0.1) is 0 Å². The molecule has 0 saturated carbocycles. The molecular formula is C15H21NO4.